The van der Waals surface area contributed by atoms with Gasteiger partial charge in [-0.2, -0.15) is 8.42 Å². The molecule has 1 aliphatic carbocycles. The quantitative estimate of drug-likeness (QED) is 0.482. The third-order valence-corrected chi connectivity index (χ3v) is 7.21. The zero-order valence-electron chi connectivity index (χ0n) is 18.7. The van der Waals surface area contributed by atoms with E-state index < -0.39 is 21.5 Å². The second kappa shape index (κ2) is 9.92. The first-order valence-electron chi connectivity index (χ1n) is 11.2. The van der Waals surface area contributed by atoms with E-state index in [0.717, 1.165) is 24.3 Å². The summed E-state index contributed by atoms with van der Waals surface area (Å²) in [4.78, 5) is 12.4. The lowest BCUT2D eigenvalue weighted by molar-refractivity contribution is -0.134. The number of carbonyl (C=O) groups is 1. The summed E-state index contributed by atoms with van der Waals surface area (Å²) in [6.45, 7) is 5.52. The van der Waals surface area contributed by atoms with Gasteiger partial charge in [-0.15, -0.1) is 0 Å². The molecule has 1 saturated heterocycles. The van der Waals surface area contributed by atoms with E-state index in [-0.39, 0.29) is 19.1 Å². The SMILES string of the molecule is CC1CCCC(B2N[C@@H](Cc3ccc(OC(C)(C)CS(=O)(=O)O)cc3)C(=O)O2)CCC1. The summed E-state index contributed by atoms with van der Waals surface area (Å²) in [5.74, 6) is 0.970. The monoisotopic (exact) mass is 451 g/mol. The molecule has 2 aliphatic rings. The predicted octanol–water partition coefficient (Wildman–Crippen LogP) is 3.64. The maximum Gasteiger partial charge on any atom is 0.452 e. The summed E-state index contributed by atoms with van der Waals surface area (Å²) in [6.07, 6.45) is 7.56. The van der Waals surface area contributed by atoms with Gasteiger partial charge in [-0.25, -0.2) is 0 Å². The Balaban J connectivity index is 1.54. The summed E-state index contributed by atoms with van der Waals surface area (Å²) >= 11 is 0. The van der Waals surface area contributed by atoms with Crippen LogP contribution in [-0.2, 0) is 26.0 Å². The van der Waals surface area contributed by atoms with Crippen molar-refractivity contribution in [1.29, 1.82) is 0 Å². The van der Waals surface area contributed by atoms with Gasteiger partial charge < -0.3 is 14.6 Å². The standard InChI is InChI=1S/C22H34BNO6S/c1-16-6-4-8-18(9-5-7-16)23-24-20(21(25)30-23)14-17-10-12-19(13-11-17)29-22(2,3)15-31(26,27)28/h10-13,16,18,20,24H,4-9,14-15H2,1-3H3,(H,26,27,28)/t16?,18?,20-/m0/s1. The highest BCUT2D eigenvalue weighted by atomic mass is 32.2. The van der Waals surface area contributed by atoms with Crippen LogP contribution in [0.3, 0.4) is 0 Å². The first kappa shape index (κ1) is 24.1. The highest BCUT2D eigenvalue weighted by molar-refractivity contribution is 7.85. The molecule has 31 heavy (non-hydrogen) atoms. The molecule has 0 aromatic heterocycles. The molecule has 1 aromatic carbocycles. The Labute approximate surface area is 186 Å². The van der Waals surface area contributed by atoms with Crippen molar-refractivity contribution < 1.29 is 27.2 Å². The van der Waals surface area contributed by atoms with Crippen LogP contribution >= 0.6 is 0 Å². The van der Waals surface area contributed by atoms with Crippen LogP contribution in [0.4, 0.5) is 0 Å². The Morgan fingerprint density at radius 3 is 2.35 bits per heavy atom. The minimum absolute atomic E-state index is 0.199. The summed E-state index contributed by atoms with van der Waals surface area (Å²) in [7, 11) is -4.34. The first-order valence-corrected chi connectivity index (χ1v) is 12.8. The molecule has 0 bridgehead atoms. The Morgan fingerprint density at radius 2 is 1.77 bits per heavy atom. The van der Waals surface area contributed by atoms with E-state index in [1.54, 1.807) is 26.0 Å². The third kappa shape index (κ3) is 7.51. The van der Waals surface area contributed by atoms with Crippen molar-refractivity contribution in [2.75, 3.05) is 5.75 Å². The van der Waals surface area contributed by atoms with Gasteiger partial charge in [-0.05, 0) is 49.7 Å². The number of nitrogens with one attached hydrogen (secondary N) is 1. The average molecular weight is 451 g/mol. The van der Waals surface area contributed by atoms with Gasteiger partial charge in [0.1, 0.15) is 23.1 Å². The van der Waals surface area contributed by atoms with Gasteiger partial charge in [0.15, 0.2) is 0 Å². The van der Waals surface area contributed by atoms with Crippen LogP contribution in [0, 0.1) is 5.92 Å². The molecule has 172 valence electrons. The smallest absolute Gasteiger partial charge is 0.452 e. The number of benzene rings is 1. The Morgan fingerprint density at radius 1 is 1.16 bits per heavy atom. The van der Waals surface area contributed by atoms with Crippen LogP contribution in [0.1, 0.15) is 64.9 Å². The van der Waals surface area contributed by atoms with Gasteiger partial charge in [0.2, 0.25) is 0 Å². The van der Waals surface area contributed by atoms with Crippen molar-refractivity contribution in [2.24, 2.45) is 5.92 Å². The van der Waals surface area contributed by atoms with E-state index in [4.69, 9.17) is 13.9 Å². The number of ether oxygens (including phenoxy) is 1. The van der Waals surface area contributed by atoms with Gasteiger partial charge in [-0.3, -0.25) is 9.35 Å². The van der Waals surface area contributed by atoms with Crippen molar-refractivity contribution in [1.82, 2.24) is 5.23 Å². The molecule has 0 amide bonds. The van der Waals surface area contributed by atoms with Crippen LogP contribution in [0.5, 0.6) is 5.75 Å². The molecule has 9 heteroatoms. The zero-order chi connectivity index (χ0) is 22.6. The van der Waals surface area contributed by atoms with Crippen LogP contribution in [0.25, 0.3) is 0 Å². The zero-order valence-corrected chi connectivity index (χ0v) is 19.5. The van der Waals surface area contributed by atoms with E-state index in [1.807, 2.05) is 12.1 Å². The van der Waals surface area contributed by atoms with E-state index in [2.05, 4.69) is 12.2 Å². The minimum atomic E-state index is -4.14. The predicted molar refractivity (Wildman–Crippen MR) is 121 cm³/mol. The molecule has 7 nitrogen and oxygen atoms in total. The van der Waals surface area contributed by atoms with Gasteiger partial charge >= 0.3 is 13.0 Å². The second-order valence-corrected chi connectivity index (χ2v) is 11.2. The lowest BCUT2D eigenvalue weighted by Crippen LogP contribution is -2.39. The fourth-order valence-corrected chi connectivity index (χ4v) is 5.59. The summed E-state index contributed by atoms with van der Waals surface area (Å²) in [6, 6.07) is 6.84. The fraction of sp³-hybridized carbons (Fsp3) is 0.682. The van der Waals surface area contributed by atoms with Crippen LogP contribution in [0.2, 0.25) is 5.82 Å². The van der Waals surface area contributed by atoms with Crippen molar-refractivity contribution in [3.05, 3.63) is 29.8 Å². The molecule has 1 heterocycles. The van der Waals surface area contributed by atoms with Crippen molar-refractivity contribution >= 4 is 23.1 Å². The fourth-order valence-electron chi connectivity index (χ4n) is 4.65. The van der Waals surface area contributed by atoms with Crippen molar-refractivity contribution in [2.45, 2.75) is 83.2 Å². The lowest BCUT2D eigenvalue weighted by atomic mass is 9.62. The number of carbonyl (C=O) groups excluding carboxylic acids is 1. The second-order valence-electron chi connectivity index (χ2n) is 9.74. The summed E-state index contributed by atoms with van der Waals surface area (Å²) in [5.41, 5.74) is -0.101. The highest BCUT2D eigenvalue weighted by Gasteiger charge is 2.42. The molecular weight excluding hydrogens is 417 g/mol. The van der Waals surface area contributed by atoms with Crippen LogP contribution in [0.15, 0.2) is 24.3 Å². The molecule has 1 aliphatic heterocycles. The van der Waals surface area contributed by atoms with E-state index in [9.17, 15) is 13.2 Å². The maximum absolute atomic E-state index is 12.4. The van der Waals surface area contributed by atoms with Crippen LogP contribution < -0.4 is 9.96 Å². The Hall–Kier alpha value is -1.58. The highest BCUT2D eigenvalue weighted by Crippen LogP contribution is 2.33. The molecular formula is C22H34BNO6S. The Kier molecular flexibility index (Phi) is 7.70. The molecule has 2 fully saturated rings. The van der Waals surface area contributed by atoms with E-state index >= 15 is 0 Å². The topological polar surface area (TPSA) is 102 Å². The van der Waals surface area contributed by atoms with Gasteiger partial charge in [0.05, 0.1) is 0 Å². The average Bonchev–Trinajstić information content (AvgIpc) is 2.97. The molecule has 1 atom stereocenters. The largest absolute Gasteiger partial charge is 0.519 e. The van der Waals surface area contributed by atoms with Crippen LogP contribution in [-0.4, -0.2) is 43.4 Å². The Bertz CT molecular complexity index is 847. The molecule has 3 rings (SSSR count). The molecule has 1 aromatic rings. The minimum Gasteiger partial charge on any atom is -0.519 e. The number of rotatable bonds is 7. The summed E-state index contributed by atoms with van der Waals surface area (Å²) in [5, 5.41) is 3.40. The summed E-state index contributed by atoms with van der Waals surface area (Å²) < 4.78 is 42.7. The number of hydrogen-bond donors (Lipinski definition) is 2. The van der Waals surface area contributed by atoms with E-state index in [1.165, 1.54) is 25.7 Å². The van der Waals surface area contributed by atoms with E-state index in [0.29, 0.717) is 18.0 Å². The first-order chi connectivity index (χ1) is 14.5. The molecule has 0 spiro atoms. The maximum atomic E-state index is 12.4. The van der Waals surface area contributed by atoms with Gasteiger partial charge in [0.25, 0.3) is 10.1 Å². The van der Waals surface area contributed by atoms with Gasteiger partial charge in [0, 0.05) is 0 Å². The lowest BCUT2D eigenvalue weighted by Gasteiger charge is -2.25. The number of hydrogen-bond acceptors (Lipinski definition) is 6. The van der Waals surface area contributed by atoms with Crippen molar-refractivity contribution in [3.63, 3.8) is 0 Å². The molecule has 0 unspecified atom stereocenters. The molecule has 2 N–H and O–H groups in total. The van der Waals surface area contributed by atoms with Gasteiger partial charge in [-0.1, -0.05) is 57.6 Å². The molecule has 0 radical (unpaired) electrons. The normalized spacial score (nSPS) is 25.6. The van der Waals surface area contributed by atoms with Crippen molar-refractivity contribution in [3.8, 4) is 5.75 Å². The third-order valence-electron chi connectivity index (χ3n) is 6.15. The molecule has 1 saturated carbocycles.